The lowest BCUT2D eigenvalue weighted by Gasteiger charge is -2.43. The number of carbonyl (C=O) groups is 4. The number of Topliss-reactive ketones (excluding diaryl/α,β-unsaturated/α-hetero) is 1. The lowest BCUT2D eigenvalue weighted by atomic mass is 9.58. The van der Waals surface area contributed by atoms with Crippen molar-refractivity contribution in [3.8, 4) is 11.5 Å². The van der Waals surface area contributed by atoms with E-state index in [1.54, 1.807) is 31.4 Å². The summed E-state index contributed by atoms with van der Waals surface area (Å²) in [6.45, 7) is 4.52. The van der Waals surface area contributed by atoms with Crippen molar-refractivity contribution in [1.82, 2.24) is 0 Å². The Hall–Kier alpha value is -4.76. The van der Waals surface area contributed by atoms with E-state index in [1.165, 1.54) is 11.0 Å². The number of ketones is 2. The molecule has 0 saturated carbocycles. The highest BCUT2D eigenvalue weighted by atomic mass is 16.5. The van der Waals surface area contributed by atoms with Crippen molar-refractivity contribution in [1.29, 1.82) is 0 Å². The number of imide groups is 1. The van der Waals surface area contributed by atoms with Crippen LogP contribution in [0.5, 0.6) is 11.5 Å². The van der Waals surface area contributed by atoms with Gasteiger partial charge in [-0.25, -0.2) is 0 Å². The van der Waals surface area contributed by atoms with Gasteiger partial charge in [0.1, 0.15) is 11.5 Å². The van der Waals surface area contributed by atoms with Crippen LogP contribution >= 0.6 is 0 Å². The first-order valence-corrected chi connectivity index (χ1v) is 15.5. The highest BCUT2D eigenvalue weighted by Gasteiger charge is 2.57. The smallest absolute Gasteiger partial charge is 0.238 e. The number of phenols is 1. The minimum Gasteiger partial charge on any atom is -0.508 e. The van der Waals surface area contributed by atoms with Crippen LogP contribution in [0.25, 0.3) is 0 Å². The molecular formula is C36H32N2O7. The molecule has 3 heterocycles. The maximum atomic E-state index is 14.3. The second-order valence-corrected chi connectivity index (χ2v) is 12.6. The standard InChI is InChI=1S/C36H32N2O7/c1-19-14-29(40)33-28(34(19)41)17-27-25(31(33)21-15-20-16-24(39)6-9-30(20)45-18-21)7-8-26-32(27)36(43)38(35(26)42)23-4-2-22(3-5-23)37-10-12-44-13-11-37/h2-7,9,14,16,18,26-27,31-32,39H,8,10-13,15,17H2,1H3/t26-,27+,31-,32-/m0/s1. The number of carbonyl (C=O) groups excluding carboxylic acids is 4. The van der Waals surface area contributed by atoms with E-state index in [1.807, 2.05) is 30.3 Å². The Morgan fingerprint density at radius 3 is 2.44 bits per heavy atom. The molecule has 0 aromatic heterocycles. The maximum absolute atomic E-state index is 14.3. The lowest BCUT2D eigenvalue weighted by Crippen LogP contribution is -2.41. The molecule has 2 amide bonds. The number of nitrogens with zero attached hydrogens (tertiary/aromatic N) is 2. The van der Waals surface area contributed by atoms with Crippen LogP contribution in [0.15, 0.2) is 88.7 Å². The first kappa shape index (κ1) is 27.8. The second kappa shape index (κ2) is 10.4. The summed E-state index contributed by atoms with van der Waals surface area (Å²) in [4.78, 5) is 58.8. The third kappa shape index (κ3) is 4.32. The van der Waals surface area contributed by atoms with Crippen LogP contribution in [-0.2, 0) is 30.3 Å². The summed E-state index contributed by atoms with van der Waals surface area (Å²) in [6.07, 6.45) is 6.04. The molecule has 0 unspecified atom stereocenters. The average Bonchev–Trinajstić information content (AvgIpc) is 3.32. The van der Waals surface area contributed by atoms with Crippen molar-refractivity contribution in [2.24, 2.45) is 23.7 Å². The van der Waals surface area contributed by atoms with Gasteiger partial charge in [0.05, 0.1) is 37.0 Å². The Kier molecular flexibility index (Phi) is 6.42. The highest BCUT2D eigenvalue weighted by molar-refractivity contribution is 6.24. The van der Waals surface area contributed by atoms with Gasteiger partial charge in [0.2, 0.25) is 11.8 Å². The molecule has 0 radical (unpaired) electrons. The number of phenolic OH excluding ortho intramolecular Hbond substituents is 1. The summed E-state index contributed by atoms with van der Waals surface area (Å²) in [5.41, 5.74) is 5.20. The lowest BCUT2D eigenvalue weighted by molar-refractivity contribution is -0.123. The van der Waals surface area contributed by atoms with Gasteiger partial charge in [0.15, 0.2) is 11.6 Å². The molecular weight excluding hydrogens is 572 g/mol. The number of benzene rings is 2. The molecule has 9 nitrogen and oxygen atoms in total. The summed E-state index contributed by atoms with van der Waals surface area (Å²) in [7, 11) is 0. The van der Waals surface area contributed by atoms with Crippen LogP contribution in [0.1, 0.15) is 25.3 Å². The van der Waals surface area contributed by atoms with Crippen molar-refractivity contribution in [3.05, 3.63) is 94.3 Å². The molecule has 0 spiro atoms. The van der Waals surface area contributed by atoms with E-state index in [4.69, 9.17) is 9.47 Å². The van der Waals surface area contributed by atoms with E-state index in [9.17, 15) is 24.3 Å². The Labute approximate surface area is 260 Å². The summed E-state index contributed by atoms with van der Waals surface area (Å²) in [6, 6.07) is 12.4. The van der Waals surface area contributed by atoms with Crippen molar-refractivity contribution < 1.29 is 33.8 Å². The quantitative estimate of drug-likeness (QED) is 0.315. The molecule has 3 aliphatic heterocycles. The Morgan fingerprint density at radius 1 is 0.911 bits per heavy atom. The summed E-state index contributed by atoms with van der Waals surface area (Å²) in [5.74, 6) is -2.38. The van der Waals surface area contributed by atoms with Crippen LogP contribution in [-0.4, -0.2) is 54.8 Å². The first-order valence-electron chi connectivity index (χ1n) is 15.5. The van der Waals surface area contributed by atoms with E-state index in [0.29, 0.717) is 54.2 Å². The molecule has 4 atom stereocenters. The SMILES string of the molecule is CC1=CC(=O)C2=C(C[C@@H]3C(=CC[C@@H]4C(=O)N(c5ccc(N6CCOCC6)cc5)C(=O)[C@@H]43)[C@@H]2C2=COc3ccc(O)cc3C2)C1=O. The van der Waals surface area contributed by atoms with Gasteiger partial charge in [-0.1, -0.05) is 11.6 Å². The van der Waals surface area contributed by atoms with Gasteiger partial charge < -0.3 is 19.5 Å². The van der Waals surface area contributed by atoms with Gasteiger partial charge in [-0.2, -0.15) is 0 Å². The van der Waals surface area contributed by atoms with Crippen molar-refractivity contribution in [2.75, 3.05) is 36.1 Å². The number of ether oxygens (including phenoxy) is 2. The van der Waals surface area contributed by atoms with Crippen molar-refractivity contribution in [2.45, 2.75) is 26.2 Å². The third-order valence-corrected chi connectivity index (χ3v) is 10.2. The van der Waals surface area contributed by atoms with Gasteiger partial charge in [-0.3, -0.25) is 24.1 Å². The van der Waals surface area contributed by atoms with Crippen molar-refractivity contribution in [3.63, 3.8) is 0 Å². The second-order valence-electron chi connectivity index (χ2n) is 12.6. The minimum atomic E-state index is -0.650. The number of hydrogen-bond donors (Lipinski definition) is 1. The fourth-order valence-corrected chi connectivity index (χ4v) is 8.08. The number of allylic oxidation sites excluding steroid dienone is 7. The predicted molar refractivity (Wildman–Crippen MR) is 165 cm³/mol. The number of anilines is 2. The fraction of sp³-hybridized carbons (Fsp3) is 0.333. The Balaban J connectivity index is 1.16. The van der Waals surface area contributed by atoms with E-state index in [2.05, 4.69) is 4.90 Å². The zero-order valence-corrected chi connectivity index (χ0v) is 24.8. The zero-order valence-electron chi connectivity index (χ0n) is 24.8. The normalized spacial score (nSPS) is 27.6. The molecule has 9 heteroatoms. The molecule has 6 aliphatic rings. The predicted octanol–water partition coefficient (Wildman–Crippen LogP) is 4.21. The van der Waals surface area contributed by atoms with Crippen LogP contribution in [0.4, 0.5) is 11.4 Å². The molecule has 8 rings (SSSR count). The first-order chi connectivity index (χ1) is 21.8. The van der Waals surface area contributed by atoms with E-state index in [0.717, 1.165) is 35.5 Å². The van der Waals surface area contributed by atoms with E-state index in [-0.39, 0.29) is 35.6 Å². The fourth-order valence-electron chi connectivity index (χ4n) is 8.08. The number of rotatable bonds is 3. The largest absolute Gasteiger partial charge is 0.508 e. The molecule has 1 N–H and O–H groups in total. The van der Waals surface area contributed by atoms with Crippen LogP contribution in [0.2, 0.25) is 0 Å². The Bertz CT molecular complexity index is 1810. The molecule has 2 fully saturated rings. The molecule has 3 aliphatic carbocycles. The van der Waals surface area contributed by atoms with Gasteiger partial charge in [-0.15, -0.1) is 0 Å². The van der Waals surface area contributed by atoms with Gasteiger partial charge in [-0.05, 0) is 79.8 Å². The maximum Gasteiger partial charge on any atom is 0.238 e. The average molecular weight is 605 g/mol. The number of aromatic hydroxyl groups is 1. The van der Waals surface area contributed by atoms with Crippen molar-refractivity contribution >= 4 is 34.8 Å². The number of morpholine rings is 1. The number of amides is 2. The topological polar surface area (TPSA) is 113 Å². The monoisotopic (exact) mass is 604 g/mol. The van der Waals surface area contributed by atoms with E-state index >= 15 is 0 Å². The molecule has 2 aromatic rings. The van der Waals surface area contributed by atoms with Crippen LogP contribution in [0, 0.1) is 23.7 Å². The zero-order chi connectivity index (χ0) is 31.0. The molecule has 228 valence electrons. The summed E-state index contributed by atoms with van der Waals surface area (Å²) >= 11 is 0. The van der Waals surface area contributed by atoms with Crippen LogP contribution in [0.3, 0.4) is 0 Å². The van der Waals surface area contributed by atoms with Gasteiger partial charge >= 0.3 is 0 Å². The van der Waals surface area contributed by atoms with Gasteiger partial charge in [0, 0.05) is 53.4 Å². The summed E-state index contributed by atoms with van der Waals surface area (Å²) < 4.78 is 11.4. The number of fused-ring (bicyclic) bond motifs is 4. The highest BCUT2D eigenvalue weighted by Crippen LogP contribution is 2.55. The van der Waals surface area contributed by atoms with E-state index < -0.39 is 23.7 Å². The summed E-state index contributed by atoms with van der Waals surface area (Å²) in [5, 5.41) is 10.1. The van der Waals surface area contributed by atoms with Gasteiger partial charge in [0.25, 0.3) is 0 Å². The molecule has 0 bridgehead atoms. The molecule has 2 saturated heterocycles. The van der Waals surface area contributed by atoms with Crippen LogP contribution < -0.4 is 14.5 Å². The third-order valence-electron chi connectivity index (χ3n) is 10.2. The number of hydrogen-bond acceptors (Lipinski definition) is 8. The molecule has 2 aromatic carbocycles. The minimum absolute atomic E-state index is 0.107. The Morgan fingerprint density at radius 2 is 1.67 bits per heavy atom. The molecule has 45 heavy (non-hydrogen) atoms.